The highest BCUT2D eigenvalue weighted by Crippen LogP contribution is 2.28. The predicted molar refractivity (Wildman–Crippen MR) is 133 cm³/mol. The smallest absolute Gasteiger partial charge is 0.310 e. The standard InChI is InChI=1S/C27H28N4O4/c1-35-27(34)22-6-3-13-31(17-22)26(33)20-5-2-4-18(14-20)24-15-19(7-8-21(24)16-28)25(32)30-23-9-11-29-12-10-23/h2,4-5,7-12,14-15,22H,3,6,13,16-17,28H2,1H3,(H,29,30,32). The molecule has 1 aliphatic rings. The zero-order valence-corrected chi connectivity index (χ0v) is 19.6. The van der Waals surface area contributed by atoms with Crippen molar-refractivity contribution < 1.29 is 19.1 Å². The number of carbonyl (C=O) groups is 3. The van der Waals surface area contributed by atoms with Crippen LogP contribution in [0.4, 0.5) is 5.69 Å². The highest BCUT2D eigenvalue weighted by Gasteiger charge is 2.29. The van der Waals surface area contributed by atoms with Crippen molar-refractivity contribution in [2.75, 3.05) is 25.5 Å². The Morgan fingerprint density at radius 2 is 1.89 bits per heavy atom. The van der Waals surface area contributed by atoms with Crippen molar-refractivity contribution in [3.8, 4) is 11.1 Å². The fourth-order valence-corrected chi connectivity index (χ4v) is 4.33. The maximum absolute atomic E-state index is 13.3. The van der Waals surface area contributed by atoms with Crippen LogP contribution in [-0.2, 0) is 16.1 Å². The number of nitrogens with one attached hydrogen (secondary N) is 1. The molecule has 2 heterocycles. The SMILES string of the molecule is COC(=O)C1CCCN(C(=O)c2cccc(-c3cc(C(=O)Nc4ccncc4)ccc3CN)c2)C1. The van der Waals surface area contributed by atoms with E-state index in [9.17, 15) is 14.4 Å². The Morgan fingerprint density at radius 1 is 1.09 bits per heavy atom. The molecule has 3 aromatic rings. The maximum atomic E-state index is 13.3. The molecule has 1 unspecified atom stereocenters. The quantitative estimate of drug-likeness (QED) is 0.531. The van der Waals surface area contributed by atoms with Crippen molar-refractivity contribution >= 4 is 23.5 Å². The lowest BCUT2D eigenvalue weighted by Gasteiger charge is -2.31. The number of hydrogen-bond donors (Lipinski definition) is 2. The van der Waals surface area contributed by atoms with Crippen molar-refractivity contribution in [3.05, 3.63) is 83.7 Å². The van der Waals surface area contributed by atoms with Crippen molar-refractivity contribution in [1.29, 1.82) is 0 Å². The summed E-state index contributed by atoms with van der Waals surface area (Å²) >= 11 is 0. The number of anilines is 1. The first-order chi connectivity index (χ1) is 17.0. The number of aromatic nitrogens is 1. The molecule has 8 heteroatoms. The number of piperidine rings is 1. The molecule has 2 amide bonds. The largest absolute Gasteiger partial charge is 0.469 e. The van der Waals surface area contributed by atoms with E-state index < -0.39 is 0 Å². The number of ether oxygens (including phenoxy) is 1. The van der Waals surface area contributed by atoms with E-state index in [1.807, 2.05) is 24.3 Å². The first kappa shape index (κ1) is 24.1. The second-order valence-electron chi connectivity index (χ2n) is 8.46. The fraction of sp³-hybridized carbons (Fsp3) is 0.259. The Morgan fingerprint density at radius 3 is 2.63 bits per heavy atom. The number of esters is 1. The molecule has 1 atom stereocenters. The minimum absolute atomic E-state index is 0.138. The first-order valence-electron chi connectivity index (χ1n) is 11.5. The van der Waals surface area contributed by atoms with Gasteiger partial charge in [-0.2, -0.15) is 0 Å². The van der Waals surface area contributed by atoms with E-state index in [1.165, 1.54) is 7.11 Å². The van der Waals surface area contributed by atoms with E-state index in [0.717, 1.165) is 23.1 Å². The summed E-state index contributed by atoms with van der Waals surface area (Å²) in [6.45, 7) is 1.22. The van der Waals surface area contributed by atoms with E-state index in [-0.39, 0.29) is 30.2 Å². The molecule has 0 spiro atoms. The Labute approximate surface area is 204 Å². The average Bonchev–Trinajstić information content (AvgIpc) is 2.92. The van der Waals surface area contributed by atoms with Crippen LogP contribution >= 0.6 is 0 Å². The molecule has 35 heavy (non-hydrogen) atoms. The average molecular weight is 473 g/mol. The van der Waals surface area contributed by atoms with Gasteiger partial charge in [0.05, 0.1) is 13.0 Å². The molecule has 1 fully saturated rings. The third kappa shape index (κ3) is 5.55. The molecule has 4 rings (SSSR count). The van der Waals surface area contributed by atoms with E-state index in [1.54, 1.807) is 47.6 Å². The van der Waals surface area contributed by atoms with Crippen LogP contribution in [0.2, 0.25) is 0 Å². The normalized spacial score (nSPS) is 15.4. The van der Waals surface area contributed by atoms with Gasteiger partial charge in [-0.15, -0.1) is 0 Å². The summed E-state index contributed by atoms with van der Waals surface area (Å²) in [7, 11) is 1.37. The van der Waals surface area contributed by atoms with Gasteiger partial charge in [-0.3, -0.25) is 19.4 Å². The van der Waals surface area contributed by atoms with E-state index >= 15 is 0 Å². The molecule has 1 aromatic heterocycles. The molecule has 0 saturated carbocycles. The molecule has 1 saturated heterocycles. The minimum Gasteiger partial charge on any atom is -0.469 e. The number of hydrogen-bond acceptors (Lipinski definition) is 6. The van der Waals surface area contributed by atoms with Gasteiger partial charge in [-0.05, 0) is 65.9 Å². The number of benzene rings is 2. The summed E-state index contributed by atoms with van der Waals surface area (Å²) in [6, 6.07) is 16.1. The van der Waals surface area contributed by atoms with Crippen LogP contribution in [-0.4, -0.2) is 47.9 Å². The van der Waals surface area contributed by atoms with Crippen LogP contribution in [0.25, 0.3) is 11.1 Å². The van der Waals surface area contributed by atoms with Gasteiger partial charge in [0.2, 0.25) is 0 Å². The van der Waals surface area contributed by atoms with Crippen LogP contribution in [0, 0.1) is 5.92 Å². The van der Waals surface area contributed by atoms with Gasteiger partial charge in [0, 0.05) is 48.8 Å². The minimum atomic E-state index is -0.305. The summed E-state index contributed by atoms with van der Waals surface area (Å²) in [5, 5.41) is 2.86. The topological polar surface area (TPSA) is 115 Å². The summed E-state index contributed by atoms with van der Waals surface area (Å²) in [4.78, 5) is 43.7. The number of nitrogens with two attached hydrogens (primary N) is 1. The van der Waals surface area contributed by atoms with Gasteiger partial charge >= 0.3 is 5.97 Å². The summed E-state index contributed by atoms with van der Waals surface area (Å²) in [5.74, 6) is -0.984. The summed E-state index contributed by atoms with van der Waals surface area (Å²) in [6.07, 6.45) is 4.68. The second kappa shape index (κ2) is 10.9. The molecule has 0 aliphatic carbocycles. The molecule has 1 aliphatic heterocycles. The van der Waals surface area contributed by atoms with Crippen LogP contribution in [0.1, 0.15) is 39.1 Å². The molecular formula is C27H28N4O4. The van der Waals surface area contributed by atoms with Gasteiger partial charge < -0.3 is 20.7 Å². The molecule has 0 radical (unpaired) electrons. The number of amides is 2. The van der Waals surface area contributed by atoms with Gasteiger partial charge in [-0.25, -0.2) is 0 Å². The monoisotopic (exact) mass is 472 g/mol. The highest BCUT2D eigenvalue weighted by atomic mass is 16.5. The molecule has 0 bridgehead atoms. The molecule has 180 valence electrons. The lowest BCUT2D eigenvalue weighted by molar-refractivity contribution is -0.146. The zero-order valence-electron chi connectivity index (χ0n) is 19.6. The van der Waals surface area contributed by atoms with Crippen molar-refractivity contribution in [2.45, 2.75) is 19.4 Å². The van der Waals surface area contributed by atoms with Crippen molar-refractivity contribution in [3.63, 3.8) is 0 Å². The van der Waals surface area contributed by atoms with Gasteiger partial charge in [0.25, 0.3) is 11.8 Å². The van der Waals surface area contributed by atoms with Crippen LogP contribution < -0.4 is 11.1 Å². The second-order valence-corrected chi connectivity index (χ2v) is 8.46. The maximum Gasteiger partial charge on any atom is 0.310 e. The number of rotatable bonds is 6. The number of likely N-dealkylation sites (tertiary alicyclic amines) is 1. The van der Waals surface area contributed by atoms with Gasteiger partial charge in [0.15, 0.2) is 0 Å². The zero-order chi connectivity index (χ0) is 24.8. The lowest BCUT2D eigenvalue weighted by Crippen LogP contribution is -2.42. The Hall–Kier alpha value is -4.04. The van der Waals surface area contributed by atoms with E-state index in [0.29, 0.717) is 36.3 Å². The summed E-state index contributed by atoms with van der Waals surface area (Å²) in [5.41, 5.74) is 10.1. The Bertz CT molecular complexity index is 1230. The van der Waals surface area contributed by atoms with E-state index in [4.69, 9.17) is 10.5 Å². The third-order valence-corrected chi connectivity index (χ3v) is 6.19. The summed E-state index contributed by atoms with van der Waals surface area (Å²) < 4.78 is 4.87. The van der Waals surface area contributed by atoms with Gasteiger partial charge in [0.1, 0.15) is 0 Å². The molecule has 8 nitrogen and oxygen atoms in total. The van der Waals surface area contributed by atoms with E-state index in [2.05, 4.69) is 10.3 Å². The van der Waals surface area contributed by atoms with Crippen LogP contribution in [0.5, 0.6) is 0 Å². The number of methoxy groups -OCH3 is 1. The first-order valence-corrected chi connectivity index (χ1v) is 11.5. The van der Waals surface area contributed by atoms with Crippen LogP contribution in [0.3, 0.4) is 0 Å². The van der Waals surface area contributed by atoms with Crippen molar-refractivity contribution in [2.24, 2.45) is 11.7 Å². The molecular weight excluding hydrogens is 444 g/mol. The molecule has 3 N–H and O–H groups in total. The number of pyridine rings is 1. The Balaban J connectivity index is 1.59. The van der Waals surface area contributed by atoms with Crippen LogP contribution in [0.15, 0.2) is 67.0 Å². The molecule has 2 aromatic carbocycles. The fourth-order valence-electron chi connectivity index (χ4n) is 4.33. The van der Waals surface area contributed by atoms with Gasteiger partial charge in [-0.1, -0.05) is 18.2 Å². The third-order valence-electron chi connectivity index (χ3n) is 6.19. The predicted octanol–water partition coefficient (Wildman–Crippen LogP) is 3.48. The number of carbonyl (C=O) groups excluding carboxylic acids is 3. The van der Waals surface area contributed by atoms with Crippen molar-refractivity contribution in [1.82, 2.24) is 9.88 Å². The Kier molecular flexibility index (Phi) is 7.52. The highest BCUT2D eigenvalue weighted by molar-refractivity contribution is 6.05. The lowest BCUT2D eigenvalue weighted by atomic mass is 9.94. The number of nitrogens with zero attached hydrogens (tertiary/aromatic N) is 2.